The minimum Gasteiger partial charge on any atom is -0.286 e. The molecule has 0 spiro atoms. The number of amides is 1. The lowest BCUT2D eigenvalue weighted by Crippen LogP contribution is -2.24. The second-order valence-corrected chi connectivity index (χ2v) is 4.16. The van der Waals surface area contributed by atoms with Crippen molar-refractivity contribution in [2.45, 2.75) is 6.42 Å². The molecule has 2 heterocycles. The fraction of sp³-hybridized carbons (Fsp3) is 0.571. The van der Waals surface area contributed by atoms with Crippen LogP contribution in [0.25, 0.3) is 0 Å². The van der Waals surface area contributed by atoms with E-state index in [0.717, 1.165) is 12.3 Å². The minimum absolute atomic E-state index is 0.135. The van der Waals surface area contributed by atoms with Crippen LogP contribution in [0.2, 0.25) is 0 Å². The summed E-state index contributed by atoms with van der Waals surface area (Å²) in [5, 5.41) is 8.28. The molecule has 1 amide bonds. The molecule has 0 radical (unpaired) electrons. The summed E-state index contributed by atoms with van der Waals surface area (Å²) in [5.74, 6) is 1.25. The van der Waals surface area contributed by atoms with Crippen molar-refractivity contribution in [3.8, 4) is 0 Å². The van der Waals surface area contributed by atoms with Gasteiger partial charge in [-0.15, -0.1) is 10.2 Å². The molecular weight excluding hydrogens is 206 g/mol. The molecule has 6 heteroatoms. The molecule has 1 fully saturated rings. The van der Waals surface area contributed by atoms with Crippen LogP contribution in [0, 0.1) is 5.92 Å². The van der Waals surface area contributed by atoms with Crippen molar-refractivity contribution in [2.24, 2.45) is 5.92 Å². The predicted octanol–water partition coefficient (Wildman–Crippen LogP) is 0.821. The Hall–Kier alpha value is -0.620. The van der Waals surface area contributed by atoms with Gasteiger partial charge < -0.3 is 0 Å². The van der Waals surface area contributed by atoms with Gasteiger partial charge in [0.25, 0.3) is 0 Å². The van der Waals surface area contributed by atoms with E-state index in [9.17, 15) is 4.79 Å². The van der Waals surface area contributed by atoms with Gasteiger partial charge in [-0.1, -0.05) is 11.3 Å². The van der Waals surface area contributed by atoms with E-state index in [-0.39, 0.29) is 5.91 Å². The molecule has 1 aliphatic heterocycles. The van der Waals surface area contributed by atoms with Crippen LogP contribution < -0.4 is 4.90 Å². The molecule has 13 heavy (non-hydrogen) atoms. The van der Waals surface area contributed by atoms with Gasteiger partial charge in [0.05, 0.1) is 0 Å². The molecular formula is C7H9N3OS2. The first-order valence-corrected chi connectivity index (χ1v) is 5.50. The van der Waals surface area contributed by atoms with Crippen LogP contribution in [-0.2, 0) is 4.79 Å². The van der Waals surface area contributed by atoms with Crippen LogP contribution in [0.4, 0.5) is 5.13 Å². The van der Waals surface area contributed by atoms with Crippen molar-refractivity contribution >= 4 is 35.0 Å². The molecule has 1 aliphatic rings. The summed E-state index contributed by atoms with van der Waals surface area (Å²) in [6, 6.07) is 0. The monoisotopic (exact) mass is 215 g/mol. The maximum absolute atomic E-state index is 11.5. The molecule has 1 aromatic rings. The number of hydrogen-bond acceptors (Lipinski definition) is 5. The van der Waals surface area contributed by atoms with E-state index in [1.807, 2.05) is 0 Å². The first-order chi connectivity index (χ1) is 6.31. The van der Waals surface area contributed by atoms with E-state index in [1.165, 1.54) is 11.3 Å². The Bertz CT molecular complexity index is 301. The molecule has 70 valence electrons. The van der Waals surface area contributed by atoms with E-state index >= 15 is 0 Å². The highest BCUT2D eigenvalue weighted by Crippen LogP contribution is 2.26. The van der Waals surface area contributed by atoms with Crippen molar-refractivity contribution in [2.75, 3.05) is 17.2 Å². The number of carbonyl (C=O) groups is 1. The van der Waals surface area contributed by atoms with E-state index in [0.29, 0.717) is 17.5 Å². The molecule has 1 atom stereocenters. The third-order valence-corrected chi connectivity index (χ3v) is 3.27. The fourth-order valence-corrected chi connectivity index (χ4v) is 2.20. The zero-order valence-electron chi connectivity index (χ0n) is 6.88. The van der Waals surface area contributed by atoms with Gasteiger partial charge in [0, 0.05) is 13.0 Å². The average molecular weight is 215 g/mol. The number of anilines is 1. The van der Waals surface area contributed by atoms with Crippen LogP contribution in [0.15, 0.2) is 5.51 Å². The lowest BCUT2D eigenvalue weighted by Gasteiger charge is -2.10. The van der Waals surface area contributed by atoms with Gasteiger partial charge in [-0.05, 0) is 11.7 Å². The van der Waals surface area contributed by atoms with Gasteiger partial charge in [-0.3, -0.25) is 9.69 Å². The summed E-state index contributed by atoms with van der Waals surface area (Å²) in [7, 11) is 0. The first kappa shape index (κ1) is 8.96. The molecule has 0 N–H and O–H groups in total. The summed E-state index contributed by atoms with van der Waals surface area (Å²) in [5.41, 5.74) is 1.64. The van der Waals surface area contributed by atoms with Gasteiger partial charge in [0.2, 0.25) is 11.0 Å². The Morgan fingerprint density at radius 2 is 2.62 bits per heavy atom. The first-order valence-electron chi connectivity index (χ1n) is 3.98. The van der Waals surface area contributed by atoms with Gasteiger partial charge in [-0.2, -0.15) is 12.6 Å². The van der Waals surface area contributed by atoms with Crippen LogP contribution >= 0.6 is 24.0 Å². The Morgan fingerprint density at radius 1 is 1.77 bits per heavy atom. The number of thiol groups is 1. The Labute approximate surface area is 85.4 Å². The van der Waals surface area contributed by atoms with E-state index in [4.69, 9.17) is 0 Å². The summed E-state index contributed by atoms with van der Waals surface area (Å²) in [6.07, 6.45) is 0.586. The maximum atomic E-state index is 11.5. The molecule has 0 bridgehead atoms. The highest BCUT2D eigenvalue weighted by molar-refractivity contribution is 7.80. The number of nitrogens with zero attached hydrogens (tertiary/aromatic N) is 3. The normalized spacial score (nSPS) is 22.7. The van der Waals surface area contributed by atoms with Crippen LogP contribution in [0.3, 0.4) is 0 Å². The summed E-state index contributed by atoms with van der Waals surface area (Å²) >= 11 is 5.58. The van der Waals surface area contributed by atoms with Gasteiger partial charge >= 0.3 is 0 Å². The Kier molecular flexibility index (Phi) is 2.50. The van der Waals surface area contributed by atoms with Crippen LogP contribution in [-0.4, -0.2) is 28.4 Å². The van der Waals surface area contributed by atoms with Crippen LogP contribution in [0.5, 0.6) is 0 Å². The quantitative estimate of drug-likeness (QED) is 0.743. The third-order valence-electron chi connectivity index (χ3n) is 2.04. The van der Waals surface area contributed by atoms with Gasteiger partial charge in [0.1, 0.15) is 5.51 Å². The number of rotatable bonds is 2. The maximum Gasteiger partial charge on any atom is 0.229 e. The smallest absolute Gasteiger partial charge is 0.229 e. The Morgan fingerprint density at radius 3 is 3.15 bits per heavy atom. The summed E-state index contributed by atoms with van der Waals surface area (Å²) in [4.78, 5) is 13.2. The zero-order chi connectivity index (χ0) is 9.26. The lowest BCUT2D eigenvalue weighted by atomic mass is 10.1. The van der Waals surface area contributed by atoms with Crippen LogP contribution in [0.1, 0.15) is 6.42 Å². The molecule has 1 aromatic heterocycles. The van der Waals surface area contributed by atoms with Crippen molar-refractivity contribution in [1.29, 1.82) is 0 Å². The summed E-state index contributed by atoms with van der Waals surface area (Å²) in [6.45, 7) is 0.734. The number of aromatic nitrogens is 2. The summed E-state index contributed by atoms with van der Waals surface area (Å²) < 4.78 is 0. The predicted molar refractivity (Wildman–Crippen MR) is 54.2 cm³/mol. The molecule has 4 nitrogen and oxygen atoms in total. The Balaban J connectivity index is 2.14. The molecule has 0 saturated carbocycles. The molecule has 0 aromatic carbocycles. The zero-order valence-corrected chi connectivity index (χ0v) is 8.59. The van der Waals surface area contributed by atoms with E-state index in [1.54, 1.807) is 10.4 Å². The van der Waals surface area contributed by atoms with E-state index < -0.39 is 0 Å². The number of carbonyl (C=O) groups excluding carboxylic acids is 1. The highest BCUT2D eigenvalue weighted by atomic mass is 32.1. The molecule has 1 unspecified atom stereocenters. The second-order valence-electron chi connectivity index (χ2n) is 2.98. The SMILES string of the molecule is O=C1CC(CS)CN1c1nncs1. The molecule has 2 rings (SSSR count). The third kappa shape index (κ3) is 1.68. The largest absolute Gasteiger partial charge is 0.286 e. The van der Waals surface area contributed by atoms with Crippen molar-refractivity contribution in [3.63, 3.8) is 0 Å². The lowest BCUT2D eigenvalue weighted by molar-refractivity contribution is -0.117. The standard InChI is InChI=1S/C7H9N3OS2/c11-6-1-5(3-12)2-10(6)7-9-8-4-13-7/h4-5,12H,1-3H2. The fourth-order valence-electron chi connectivity index (χ4n) is 1.37. The van der Waals surface area contributed by atoms with Gasteiger partial charge in [0.15, 0.2) is 0 Å². The van der Waals surface area contributed by atoms with Crippen molar-refractivity contribution in [3.05, 3.63) is 5.51 Å². The van der Waals surface area contributed by atoms with Crippen molar-refractivity contribution in [1.82, 2.24) is 10.2 Å². The van der Waals surface area contributed by atoms with Crippen molar-refractivity contribution < 1.29 is 4.79 Å². The average Bonchev–Trinajstić information content (AvgIpc) is 2.72. The number of hydrogen-bond donors (Lipinski definition) is 1. The topological polar surface area (TPSA) is 46.1 Å². The minimum atomic E-state index is 0.135. The second kappa shape index (κ2) is 3.63. The highest BCUT2D eigenvalue weighted by Gasteiger charge is 2.31. The van der Waals surface area contributed by atoms with Gasteiger partial charge in [-0.25, -0.2) is 0 Å². The van der Waals surface area contributed by atoms with E-state index in [2.05, 4.69) is 22.8 Å². The molecule has 0 aliphatic carbocycles. The molecule has 1 saturated heterocycles.